The molecule has 252 valence electrons. The Kier molecular flexibility index (Phi) is 10.6. The normalized spacial score (nSPS) is 26.1. The Bertz CT molecular complexity index is 1340. The highest BCUT2D eigenvalue weighted by Gasteiger charge is 2.63. The number of likely N-dealkylation sites (tertiary alicyclic amines) is 2. The van der Waals surface area contributed by atoms with Gasteiger partial charge < -0.3 is 34.1 Å². The molecule has 3 aliphatic heterocycles. The first-order valence-electron chi connectivity index (χ1n) is 16.7. The van der Waals surface area contributed by atoms with Crippen LogP contribution in [-0.4, -0.2) is 93.2 Å². The lowest BCUT2D eigenvalue weighted by molar-refractivity contribution is -0.182. The van der Waals surface area contributed by atoms with Crippen LogP contribution in [0.4, 0.5) is 0 Å². The Hall–Kier alpha value is -3.60. The van der Waals surface area contributed by atoms with Crippen LogP contribution in [0.3, 0.4) is 0 Å². The van der Waals surface area contributed by atoms with Gasteiger partial charge in [-0.25, -0.2) is 0 Å². The lowest BCUT2D eigenvalue weighted by Gasteiger charge is -2.53. The van der Waals surface area contributed by atoms with Gasteiger partial charge in [-0.15, -0.1) is 0 Å². The van der Waals surface area contributed by atoms with Gasteiger partial charge in [0.05, 0.1) is 33.5 Å². The highest BCUT2D eigenvalue weighted by atomic mass is 16.5. The van der Waals surface area contributed by atoms with Gasteiger partial charge in [-0.2, -0.15) is 0 Å². The number of nitrogens with zero attached hydrogens (tertiary/aromatic N) is 2. The van der Waals surface area contributed by atoms with Crippen molar-refractivity contribution in [2.75, 3.05) is 47.5 Å². The van der Waals surface area contributed by atoms with Crippen LogP contribution in [0.5, 0.6) is 11.5 Å². The molecule has 11 nitrogen and oxygen atoms in total. The first-order valence-corrected chi connectivity index (χ1v) is 16.7. The van der Waals surface area contributed by atoms with Crippen LogP contribution in [0.25, 0.3) is 0 Å². The van der Waals surface area contributed by atoms with Gasteiger partial charge in [-0.3, -0.25) is 19.2 Å². The van der Waals surface area contributed by atoms with Crippen LogP contribution < -0.4 is 14.8 Å². The number of ether oxygens (including phenoxy) is 4. The SMILES string of the molecule is COC(=O)[C@]12C[C@H](CC(=O)NCCCN3CCCC3=O)C(=O)N(CCc3ccc(OC)c(OC)c3)C1=C[C@H](C(C)C)O[C@@H]2C1CC1. The molecule has 1 saturated carbocycles. The van der Waals surface area contributed by atoms with Crippen LogP contribution >= 0.6 is 0 Å². The van der Waals surface area contributed by atoms with E-state index in [1.807, 2.05) is 29.2 Å². The summed E-state index contributed by atoms with van der Waals surface area (Å²) in [6.07, 6.45) is 5.80. The van der Waals surface area contributed by atoms with E-state index in [4.69, 9.17) is 18.9 Å². The van der Waals surface area contributed by atoms with Crippen LogP contribution in [0.2, 0.25) is 0 Å². The average molecular weight is 640 g/mol. The predicted octanol–water partition coefficient (Wildman–Crippen LogP) is 3.49. The Labute approximate surface area is 271 Å². The van der Waals surface area contributed by atoms with Crippen molar-refractivity contribution < 1.29 is 38.1 Å². The van der Waals surface area contributed by atoms with Crippen LogP contribution in [0.1, 0.15) is 64.4 Å². The molecular weight excluding hydrogens is 590 g/mol. The maximum absolute atomic E-state index is 14.3. The zero-order chi connectivity index (χ0) is 33.0. The van der Waals surface area contributed by atoms with E-state index in [0.29, 0.717) is 56.1 Å². The number of hydrogen-bond acceptors (Lipinski definition) is 8. The number of amides is 3. The summed E-state index contributed by atoms with van der Waals surface area (Å²) in [5.74, 6) is 0.0764. The molecule has 1 aromatic rings. The van der Waals surface area contributed by atoms with Gasteiger partial charge in [0.25, 0.3) is 0 Å². The van der Waals surface area contributed by atoms with E-state index in [0.717, 1.165) is 31.4 Å². The molecule has 11 heteroatoms. The molecule has 46 heavy (non-hydrogen) atoms. The fourth-order valence-corrected chi connectivity index (χ4v) is 7.29. The van der Waals surface area contributed by atoms with Crippen molar-refractivity contribution in [2.45, 2.75) is 77.4 Å². The third-order valence-electron chi connectivity index (χ3n) is 9.90. The molecule has 1 N–H and O–H groups in total. The van der Waals surface area contributed by atoms with Crippen molar-refractivity contribution in [1.29, 1.82) is 0 Å². The van der Waals surface area contributed by atoms with Gasteiger partial charge in [0.15, 0.2) is 11.5 Å². The monoisotopic (exact) mass is 639 g/mol. The zero-order valence-corrected chi connectivity index (χ0v) is 27.8. The second-order valence-corrected chi connectivity index (χ2v) is 13.3. The summed E-state index contributed by atoms with van der Waals surface area (Å²) in [5, 5.41) is 2.95. The van der Waals surface area contributed by atoms with Gasteiger partial charge in [0.1, 0.15) is 5.41 Å². The Morgan fingerprint density at radius 3 is 2.48 bits per heavy atom. The maximum Gasteiger partial charge on any atom is 0.320 e. The predicted molar refractivity (Wildman–Crippen MR) is 170 cm³/mol. The van der Waals surface area contributed by atoms with Crippen molar-refractivity contribution in [3.8, 4) is 11.5 Å². The van der Waals surface area contributed by atoms with Gasteiger partial charge in [0, 0.05) is 50.6 Å². The molecular formula is C35H49N3O8. The molecule has 1 aromatic carbocycles. The van der Waals surface area contributed by atoms with Crippen LogP contribution in [0, 0.1) is 23.2 Å². The quantitative estimate of drug-likeness (QED) is 0.243. The number of benzene rings is 1. The largest absolute Gasteiger partial charge is 0.493 e. The fourth-order valence-electron chi connectivity index (χ4n) is 7.29. The number of esters is 1. The Morgan fingerprint density at radius 2 is 1.85 bits per heavy atom. The van der Waals surface area contributed by atoms with E-state index < -0.39 is 23.4 Å². The number of carbonyl (C=O) groups is 4. The van der Waals surface area contributed by atoms with Gasteiger partial charge >= 0.3 is 5.97 Å². The highest BCUT2D eigenvalue weighted by molar-refractivity contribution is 5.93. The number of rotatable bonds is 14. The first kappa shape index (κ1) is 33.8. The molecule has 3 heterocycles. The molecule has 0 radical (unpaired) electrons. The summed E-state index contributed by atoms with van der Waals surface area (Å²) >= 11 is 0. The molecule has 0 unspecified atom stereocenters. The minimum atomic E-state index is -1.20. The summed E-state index contributed by atoms with van der Waals surface area (Å²) in [4.78, 5) is 57.1. The molecule has 0 spiro atoms. The average Bonchev–Trinajstić information content (AvgIpc) is 3.82. The first-order chi connectivity index (χ1) is 22.1. The lowest BCUT2D eigenvalue weighted by Crippen LogP contribution is -2.62. The van der Waals surface area contributed by atoms with Crippen molar-refractivity contribution in [1.82, 2.24) is 15.1 Å². The zero-order valence-electron chi connectivity index (χ0n) is 27.8. The topological polar surface area (TPSA) is 124 Å². The van der Waals surface area contributed by atoms with Crippen molar-refractivity contribution in [3.63, 3.8) is 0 Å². The maximum atomic E-state index is 14.3. The molecule has 4 atom stereocenters. The second kappa shape index (κ2) is 14.4. The molecule has 3 amide bonds. The van der Waals surface area contributed by atoms with E-state index >= 15 is 0 Å². The summed E-state index contributed by atoms with van der Waals surface area (Å²) in [7, 11) is 4.55. The van der Waals surface area contributed by atoms with Gasteiger partial charge in [-0.05, 0) is 74.1 Å². The number of nitrogens with one attached hydrogen (secondary N) is 1. The molecule has 2 saturated heterocycles. The number of hydrogen-bond donors (Lipinski definition) is 1. The van der Waals surface area contributed by atoms with E-state index in [1.54, 1.807) is 19.1 Å². The smallest absolute Gasteiger partial charge is 0.320 e. The molecule has 1 aliphatic carbocycles. The minimum Gasteiger partial charge on any atom is -0.493 e. The number of carbonyl (C=O) groups excluding carboxylic acids is 4. The second-order valence-electron chi connectivity index (χ2n) is 13.3. The molecule has 0 aromatic heterocycles. The summed E-state index contributed by atoms with van der Waals surface area (Å²) < 4.78 is 23.1. The van der Waals surface area contributed by atoms with Crippen molar-refractivity contribution in [2.24, 2.45) is 23.2 Å². The Morgan fingerprint density at radius 1 is 1.09 bits per heavy atom. The third-order valence-corrected chi connectivity index (χ3v) is 9.90. The molecule has 3 fully saturated rings. The molecule has 5 rings (SSSR count). The molecule has 4 aliphatic rings. The molecule has 0 bridgehead atoms. The van der Waals surface area contributed by atoms with Gasteiger partial charge in [0.2, 0.25) is 17.7 Å². The summed E-state index contributed by atoms with van der Waals surface area (Å²) in [5.41, 5.74) is 0.379. The summed E-state index contributed by atoms with van der Waals surface area (Å²) in [6, 6.07) is 5.67. The number of piperidine rings is 1. The van der Waals surface area contributed by atoms with Crippen LogP contribution in [0.15, 0.2) is 30.0 Å². The number of fused-ring (bicyclic) bond motifs is 1. The highest BCUT2D eigenvalue weighted by Crippen LogP contribution is 2.56. The van der Waals surface area contributed by atoms with Gasteiger partial charge in [-0.1, -0.05) is 19.9 Å². The standard InChI is InChI=1S/C35H49N3O8/c1-22(2)27-20-29-35(34(42)45-5,32(46-27)24-10-11-24)21-25(19-30(39)36-14-7-16-37-15-6-8-31(37)40)33(41)38(29)17-13-23-9-12-26(43-3)28(18-23)44-4/h9,12,18,20,22,24-25,27,32H,6-8,10-11,13-17,19,21H2,1-5H3,(H,36,39)/t25-,27+,32+,35+/m0/s1. The summed E-state index contributed by atoms with van der Waals surface area (Å²) in [6.45, 7) is 6.22. The van der Waals surface area contributed by atoms with Crippen molar-refractivity contribution >= 4 is 23.7 Å². The van der Waals surface area contributed by atoms with E-state index in [2.05, 4.69) is 19.2 Å². The van der Waals surface area contributed by atoms with E-state index in [-0.39, 0.29) is 48.5 Å². The lowest BCUT2D eigenvalue weighted by atomic mass is 9.64. The number of methoxy groups -OCH3 is 3. The third kappa shape index (κ3) is 6.89. The fraction of sp³-hybridized carbons (Fsp3) is 0.657. The minimum absolute atomic E-state index is 0.0502. The van der Waals surface area contributed by atoms with E-state index in [9.17, 15) is 19.2 Å². The van der Waals surface area contributed by atoms with E-state index in [1.165, 1.54) is 7.11 Å². The Balaban J connectivity index is 1.41. The van der Waals surface area contributed by atoms with Crippen molar-refractivity contribution in [3.05, 3.63) is 35.5 Å². The van der Waals surface area contributed by atoms with Crippen LogP contribution in [-0.2, 0) is 35.1 Å².